The maximum atomic E-state index is 12.9. The number of ether oxygens (including phenoxy) is 1. The molecule has 1 saturated heterocycles. The standard InChI is InChI=1S/C22H21ClN2O4/c1-13-9-15(23)5-7-19(13)25-22-18(21(27)24-12-17-3-2-8-28-17)10-14-4-6-16(26)11-20(14)29-22/h4-7,9-11,17,26H,2-3,8,12H2,1H3,(H,24,27). The Kier molecular flexibility index (Phi) is 5.56. The van der Waals surface area contributed by atoms with Crippen molar-refractivity contribution < 1.29 is 19.1 Å². The fourth-order valence-corrected chi connectivity index (χ4v) is 3.54. The first kappa shape index (κ1) is 19.5. The summed E-state index contributed by atoms with van der Waals surface area (Å²) in [7, 11) is 0. The summed E-state index contributed by atoms with van der Waals surface area (Å²) in [5.41, 5.74) is 2.42. The van der Waals surface area contributed by atoms with Gasteiger partial charge in [-0.25, -0.2) is 4.99 Å². The Hall–Kier alpha value is -2.83. The fraction of sp³-hybridized carbons (Fsp3) is 0.273. The van der Waals surface area contributed by atoms with Gasteiger partial charge in [-0.2, -0.15) is 0 Å². The summed E-state index contributed by atoms with van der Waals surface area (Å²) in [6, 6.07) is 11.8. The highest BCUT2D eigenvalue weighted by atomic mass is 35.5. The number of amides is 1. The van der Waals surface area contributed by atoms with Crippen LogP contribution in [0.4, 0.5) is 5.69 Å². The van der Waals surface area contributed by atoms with Crippen LogP contribution in [-0.4, -0.2) is 30.3 Å². The second-order valence-corrected chi connectivity index (χ2v) is 7.51. The Labute approximate surface area is 172 Å². The molecule has 0 radical (unpaired) electrons. The average Bonchev–Trinajstić information content (AvgIpc) is 3.21. The molecule has 0 aliphatic carbocycles. The molecule has 3 aromatic rings. The molecule has 0 spiro atoms. The minimum Gasteiger partial charge on any atom is -0.508 e. The van der Waals surface area contributed by atoms with Crippen LogP contribution < -0.4 is 10.9 Å². The molecule has 1 fully saturated rings. The molecule has 1 atom stereocenters. The van der Waals surface area contributed by atoms with Crippen LogP contribution >= 0.6 is 11.6 Å². The van der Waals surface area contributed by atoms with Crippen LogP contribution in [0.3, 0.4) is 0 Å². The van der Waals surface area contributed by atoms with Crippen LogP contribution in [0.25, 0.3) is 11.0 Å². The van der Waals surface area contributed by atoms with Crippen molar-refractivity contribution in [3.05, 3.63) is 64.2 Å². The van der Waals surface area contributed by atoms with Crippen LogP contribution in [-0.2, 0) is 4.74 Å². The van der Waals surface area contributed by atoms with Crippen molar-refractivity contribution in [1.82, 2.24) is 5.32 Å². The zero-order chi connectivity index (χ0) is 20.4. The lowest BCUT2D eigenvalue weighted by Gasteiger charge is -2.11. The van der Waals surface area contributed by atoms with Gasteiger partial charge in [0.2, 0.25) is 5.55 Å². The number of halogens is 1. The Morgan fingerprint density at radius 2 is 2.14 bits per heavy atom. The number of fused-ring (bicyclic) bond motifs is 1. The summed E-state index contributed by atoms with van der Waals surface area (Å²) < 4.78 is 11.5. The predicted octanol–water partition coefficient (Wildman–Crippen LogP) is 4.24. The van der Waals surface area contributed by atoms with Gasteiger partial charge in [0.1, 0.15) is 16.9 Å². The number of rotatable bonds is 4. The van der Waals surface area contributed by atoms with Crippen LogP contribution in [0.15, 0.2) is 51.9 Å². The van der Waals surface area contributed by atoms with Crippen LogP contribution in [0.5, 0.6) is 5.75 Å². The SMILES string of the molecule is Cc1cc(Cl)ccc1N=c1oc2cc(O)ccc2cc1C(=O)NCC1CCCO1. The molecule has 1 unspecified atom stereocenters. The van der Waals surface area contributed by atoms with Crippen molar-refractivity contribution in [3.8, 4) is 5.75 Å². The molecule has 2 N–H and O–H groups in total. The smallest absolute Gasteiger partial charge is 0.256 e. The quantitative estimate of drug-likeness (QED) is 0.671. The lowest BCUT2D eigenvalue weighted by atomic mass is 10.1. The van der Waals surface area contributed by atoms with Gasteiger partial charge in [-0.05, 0) is 61.7 Å². The Bertz CT molecular complexity index is 1130. The van der Waals surface area contributed by atoms with Gasteiger partial charge >= 0.3 is 0 Å². The summed E-state index contributed by atoms with van der Waals surface area (Å²) in [5, 5.41) is 14.0. The molecule has 29 heavy (non-hydrogen) atoms. The van der Waals surface area contributed by atoms with Crippen LogP contribution in [0.2, 0.25) is 5.02 Å². The highest BCUT2D eigenvalue weighted by Gasteiger charge is 2.18. The normalized spacial score (nSPS) is 17.0. The highest BCUT2D eigenvalue weighted by molar-refractivity contribution is 6.30. The number of hydrogen-bond acceptors (Lipinski definition) is 5. The van der Waals surface area contributed by atoms with E-state index in [1.807, 2.05) is 6.92 Å². The summed E-state index contributed by atoms with van der Waals surface area (Å²) in [6.07, 6.45) is 1.97. The van der Waals surface area contributed by atoms with Crippen molar-refractivity contribution >= 4 is 34.2 Å². The number of phenolic OH excluding ortho intramolecular Hbond substituents is 1. The van der Waals surface area contributed by atoms with Crippen LogP contribution in [0.1, 0.15) is 28.8 Å². The minimum atomic E-state index is -0.287. The zero-order valence-corrected chi connectivity index (χ0v) is 16.7. The Balaban J connectivity index is 1.78. The fourth-order valence-electron chi connectivity index (χ4n) is 3.31. The lowest BCUT2D eigenvalue weighted by molar-refractivity contribution is 0.0854. The van der Waals surface area contributed by atoms with Crippen molar-refractivity contribution in [2.75, 3.05) is 13.2 Å². The molecule has 1 amide bonds. The van der Waals surface area contributed by atoms with Gasteiger partial charge in [0.15, 0.2) is 0 Å². The van der Waals surface area contributed by atoms with Gasteiger partial charge in [-0.1, -0.05) is 11.6 Å². The molecular formula is C22H21ClN2O4. The summed E-state index contributed by atoms with van der Waals surface area (Å²) in [4.78, 5) is 17.5. The van der Waals surface area contributed by atoms with E-state index in [1.165, 1.54) is 6.07 Å². The monoisotopic (exact) mass is 412 g/mol. The third kappa shape index (κ3) is 4.44. The predicted molar refractivity (Wildman–Crippen MR) is 111 cm³/mol. The number of aryl methyl sites for hydroxylation is 1. The summed E-state index contributed by atoms with van der Waals surface area (Å²) >= 11 is 6.03. The van der Waals surface area contributed by atoms with E-state index in [-0.39, 0.29) is 23.3 Å². The van der Waals surface area contributed by atoms with Gasteiger partial charge in [0, 0.05) is 29.6 Å². The molecule has 2 heterocycles. The molecule has 1 aliphatic heterocycles. The number of nitrogens with one attached hydrogen (secondary N) is 1. The average molecular weight is 413 g/mol. The molecule has 0 saturated carbocycles. The maximum absolute atomic E-state index is 12.9. The van der Waals surface area contributed by atoms with E-state index >= 15 is 0 Å². The van der Waals surface area contributed by atoms with Gasteiger partial charge in [-0.3, -0.25) is 4.79 Å². The third-order valence-corrected chi connectivity index (χ3v) is 5.11. The van der Waals surface area contributed by atoms with Gasteiger partial charge in [-0.15, -0.1) is 0 Å². The Morgan fingerprint density at radius 3 is 2.90 bits per heavy atom. The number of benzene rings is 2. The van der Waals surface area contributed by atoms with Gasteiger partial charge in [0.25, 0.3) is 5.91 Å². The van der Waals surface area contributed by atoms with E-state index in [9.17, 15) is 9.90 Å². The first-order chi connectivity index (χ1) is 14.0. The molecule has 7 heteroatoms. The van der Waals surface area contributed by atoms with Crippen molar-refractivity contribution in [1.29, 1.82) is 0 Å². The van der Waals surface area contributed by atoms with Crippen molar-refractivity contribution in [2.24, 2.45) is 4.99 Å². The minimum absolute atomic E-state index is 0.0344. The second kappa shape index (κ2) is 8.27. The number of phenols is 1. The zero-order valence-electron chi connectivity index (χ0n) is 15.9. The highest BCUT2D eigenvalue weighted by Crippen LogP contribution is 2.23. The van der Waals surface area contributed by atoms with E-state index < -0.39 is 0 Å². The Morgan fingerprint density at radius 1 is 1.28 bits per heavy atom. The molecule has 1 aromatic heterocycles. The van der Waals surface area contributed by atoms with E-state index in [4.69, 9.17) is 20.8 Å². The van der Waals surface area contributed by atoms with E-state index in [1.54, 1.807) is 36.4 Å². The molecular weight excluding hydrogens is 392 g/mol. The van der Waals surface area contributed by atoms with Crippen molar-refractivity contribution in [2.45, 2.75) is 25.9 Å². The molecule has 150 valence electrons. The topological polar surface area (TPSA) is 84.1 Å². The van der Waals surface area contributed by atoms with Crippen molar-refractivity contribution in [3.63, 3.8) is 0 Å². The molecule has 2 aromatic carbocycles. The molecule has 0 bridgehead atoms. The largest absolute Gasteiger partial charge is 0.508 e. The first-order valence-corrected chi connectivity index (χ1v) is 9.85. The van der Waals surface area contributed by atoms with Gasteiger partial charge in [0.05, 0.1) is 11.8 Å². The third-order valence-electron chi connectivity index (χ3n) is 4.87. The number of aromatic hydroxyl groups is 1. The molecule has 6 nitrogen and oxygen atoms in total. The number of carbonyl (C=O) groups excluding carboxylic acids is 1. The molecule has 4 rings (SSSR count). The molecule has 1 aliphatic rings. The summed E-state index contributed by atoms with van der Waals surface area (Å²) in [6.45, 7) is 3.05. The van der Waals surface area contributed by atoms with E-state index in [2.05, 4.69) is 10.3 Å². The maximum Gasteiger partial charge on any atom is 0.256 e. The number of carbonyl (C=O) groups is 1. The number of nitrogens with zero attached hydrogens (tertiary/aromatic N) is 1. The van der Waals surface area contributed by atoms with E-state index in [0.717, 1.165) is 25.0 Å². The summed E-state index contributed by atoms with van der Waals surface area (Å²) in [5.74, 6) is -0.213. The first-order valence-electron chi connectivity index (χ1n) is 9.47. The van der Waals surface area contributed by atoms with Gasteiger partial charge < -0.3 is 19.6 Å². The second-order valence-electron chi connectivity index (χ2n) is 7.08. The van der Waals surface area contributed by atoms with Crippen LogP contribution in [0, 0.1) is 6.92 Å². The lowest BCUT2D eigenvalue weighted by Crippen LogP contribution is -2.34. The van der Waals surface area contributed by atoms with E-state index in [0.29, 0.717) is 33.8 Å². The number of hydrogen-bond donors (Lipinski definition) is 2.